The highest BCUT2D eigenvalue weighted by Gasteiger charge is 2.15. The van der Waals surface area contributed by atoms with Crippen molar-refractivity contribution in [1.82, 2.24) is 4.72 Å². The van der Waals surface area contributed by atoms with Gasteiger partial charge in [0.25, 0.3) is 0 Å². The van der Waals surface area contributed by atoms with E-state index in [0.29, 0.717) is 16.9 Å². The van der Waals surface area contributed by atoms with Crippen LogP contribution in [0.1, 0.15) is 22.8 Å². The van der Waals surface area contributed by atoms with Crippen molar-refractivity contribution in [2.45, 2.75) is 18.4 Å². The molecule has 0 saturated heterocycles. The summed E-state index contributed by atoms with van der Waals surface area (Å²) in [6.07, 6.45) is 0. The van der Waals surface area contributed by atoms with Crippen LogP contribution in [0.5, 0.6) is 5.75 Å². The van der Waals surface area contributed by atoms with Crippen LogP contribution in [0, 0.1) is 5.82 Å². The summed E-state index contributed by atoms with van der Waals surface area (Å²) >= 11 is 0. The number of Topliss-reactive ketones (excluding diaryl/α,β-unsaturated/α-hetero) is 1. The molecule has 23 heavy (non-hydrogen) atoms. The molecule has 0 aliphatic rings. The van der Waals surface area contributed by atoms with Crippen molar-refractivity contribution >= 4 is 15.8 Å². The van der Waals surface area contributed by atoms with E-state index in [1.807, 2.05) is 0 Å². The minimum Gasteiger partial charge on any atom is -0.496 e. The van der Waals surface area contributed by atoms with E-state index >= 15 is 0 Å². The Bertz CT molecular complexity index is 816. The SMILES string of the molecule is COc1ccc(F)cc1CNS(=O)(=O)c1ccc(C(C)=O)cc1. The molecule has 0 unspecified atom stereocenters. The number of benzene rings is 2. The highest BCUT2D eigenvalue weighted by atomic mass is 32.2. The lowest BCUT2D eigenvalue weighted by Gasteiger charge is -2.10. The molecule has 0 spiro atoms. The molecule has 0 aliphatic heterocycles. The van der Waals surface area contributed by atoms with Crippen LogP contribution in [-0.2, 0) is 16.6 Å². The van der Waals surface area contributed by atoms with Crippen molar-refractivity contribution in [2.75, 3.05) is 7.11 Å². The summed E-state index contributed by atoms with van der Waals surface area (Å²) in [4.78, 5) is 11.2. The van der Waals surface area contributed by atoms with Crippen molar-refractivity contribution in [1.29, 1.82) is 0 Å². The third kappa shape index (κ3) is 4.14. The number of rotatable bonds is 6. The Hall–Kier alpha value is -2.25. The van der Waals surface area contributed by atoms with Gasteiger partial charge in [-0.2, -0.15) is 0 Å². The third-order valence-corrected chi connectivity index (χ3v) is 4.68. The number of methoxy groups -OCH3 is 1. The largest absolute Gasteiger partial charge is 0.496 e. The Morgan fingerprint density at radius 3 is 2.39 bits per heavy atom. The van der Waals surface area contributed by atoms with Gasteiger partial charge in [-0.05, 0) is 37.3 Å². The molecule has 2 aromatic rings. The van der Waals surface area contributed by atoms with E-state index in [1.54, 1.807) is 0 Å². The first-order chi connectivity index (χ1) is 10.8. The molecule has 0 bridgehead atoms. The fourth-order valence-electron chi connectivity index (χ4n) is 2.01. The molecule has 0 aliphatic carbocycles. The summed E-state index contributed by atoms with van der Waals surface area (Å²) in [5.41, 5.74) is 0.812. The number of ketones is 1. The van der Waals surface area contributed by atoms with Crippen LogP contribution in [0.4, 0.5) is 4.39 Å². The van der Waals surface area contributed by atoms with E-state index < -0.39 is 15.8 Å². The topological polar surface area (TPSA) is 72.5 Å². The Morgan fingerprint density at radius 2 is 1.83 bits per heavy atom. The van der Waals surface area contributed by atoms with Crippen molar-refractivity contribution in [3.8, 4) is 5.75 Å². The van der Waals surface area contributed by atoms with Crippen LogP contribution in [0.25, 0.3) is 0 Å². The molecular weight excluding hydrogens is 321 g/mol. The molecular formula is C16H16FNO4S. The van der Waals surface area contributed by atoms with E-state index in [2.05, 4.69) is 4.72 Å². The molecule has 122 valence electrons. The van der Waals surface area contributed by atoms with E-state index in [-0.39, 0.29) is 17.2 Å². The number of carbonyl (C=O) groups excluding carboxylic acids is 1. The van der Waals surface area contributed by atoms with Gasteiger partial charge in [0.15, 0.2) is 5.78 Å². The van der Waals surface area contributed by atoms with Gasteiger partial charge in [-0.3, -0.25) is 4.79 Å². The molecule has 2 rings (SSSR count). The Morgan fingerprint density at radius 1 is 1.17 bits per heavy atom. The number of hydrogen-bond acceptors (Lipinski definition) is 4. The summed E-state index contributed by atoms with van der Waals surface area (Å²) < 4.78 is 45.2. The fraction of sp³-hybridized carbons (Fsp3) is 0.188. The second kappa shape index (κ2) is 6.89. The smallest absolute Gasteiger partial charge is 0.240 e. The first-order valence-electron chi connectivity index (χ1n) is 6.76. The highest BCUT2D eigenvalue weighted by Crippen LogP contribution is 2.20. The van der Waals surface area contributed by atoms with Crippen molar-refractivity contribution in [2.24, 2.45) is 0 Å². The van der Waals surface area contributed by atoms with E-state index in [9.17, 15) is 17.6 Å². The zero-order valence-electron chi connectivity index (χ0n) is 12.7. The quantitative estimate of drug-likeness (QED) is 0.822. The molecule has 0 aromatic heterocycles. The monoisotopic (exact) mass is 337 g/mol. The maximum Gasteiger partial charge on any atom is 0.240 e. The lowest BCUT2D eigenvalue weighted by Crippen LogP contribution is -2.23. The number of hydrogen-bond donors (Lipinski definition) is 1. The number of nitrogens with one attached hydrogen (secondary N) is 1. The highest BCUT2D eigenvalue weighted by molar-refractivity contribution is 7.89. The van der Waals surface area contributed by atoms with Crippen LogP contribution in [0.15, 0.2) is 47.4 Å². The van der Waals surface area contributed by atoms with Gasteiger partial charge in [0, 0.05) is 17.7 Å². The van der Waals surface area contributed by atoms with Gasteiger partial charge in [-0.1, -0.05) is 12.1 Å². The van der Waals surface area contributed by atoms with Gasteiger partial charge in [-0.15, -0.1) is 0 Å². The lowest BCUT2D eigenvalue weighted by atomic mass is 10.2. The molecule has 7 heteroatoms. The molecule has 0 radical (unpaired) electrons. The molecule has 0 amide bonds. The Kier molecular flexibility index (Phi) is 5.12. The first kappa shape index (κ1) is 17.1. The molecule has 5 nitrogen and oxygen atoms in total. The minimum absolute atomic E-state index is 0.0258. The fourth-order valence-corrected chi connectivity index (χ4v) is 3.02. The van der Waals surface area contributed by atoms with E-state index in [4.69, 9.17) is 4.74 Å². The van der Waals surface area contributed by atoms with Gasteiger partial charge in [0.05, 0.1) is 12.0 Å². The van der Waals surface area contributed by atoms with Crippen LogP contribution in [0.3, 0.4) is 0 Å². The molecule has 1 N–H and O–H groups in total. The summed E-state index contributed by atoms with van der Waals surface area (Å²) in [5, 5.41) is 0. The van der Waals surface area contributed by atoms with Gasteiger partial charge in [-0.25, -0.2) is 17.5 Å². The van der Waals surface area contributed by atoms with Crippen molar-refractivity contribution in [3.63, 3.8) is 0 Å². The maximum absolute atomic E-state index is 13.3. The van der Waals surface area contributed by atoms with Gasteiger partial charge in [0.2, 0.25) is 10.0 Å². The summed E-state index contributed by atoms with van der Waals surface area (Å²) in [6, 6.07) is 9.46. The Balaban J connectivity index is 2.19. The lowest BCUT2D eigenvalue weighted by molar-refractivity contribution is 0.101. The predicted octanol–water partition coefficient (Wildman–Crippen LogP) is 2.52. The zero-order chi connectivity index (χ0) is 17.0. The summed E-state index contributed by atoms with van der Waals surface area (Å²) in [7, 11) is -2.36. The molecule has 0 saturated carbocycles. The molecule has 2 aromatic carbocycles. The van der Waals surface area contributed by atoms with E-state index in [1.165, 1.54) is 56.5 Å². The average molecular weight is 337 g/mol. The number of sulfonamides is 1. The molecule has 0 heterocycles. The van der Waals surface area contributed by atoms with Gasteiger partial charge < -0.3 is 4.74 Å². The summed E-state index contributed by atoms with van der Waals surface area (Å²) in [5.74, 6) is -0.238. The zero-order valence-corrected chi connectivity index (χ0v) is 13.5. The van der Waals surface area contributed by atoms with E-state index in [0.717, 1.165) is 0 Å². The standard InChI is InChI=1S/C16H16FNO4S/c1-11(19)12-3-6-15(7-4-12)23(20,21)18-10-13-9-14(17)5-8-16(13)22-2/h3-9,18H,10H2,1-2H3. The normalized spacial score (nSPS) is 11.3. The van der Waals surface area contributed by atoms with Crippen LogP contribution >= 0.6 is 0 Å². The number of ether oxygens (including phenoxy) is 1. The predicted molar refractivity (Wildman–Crippen MR) is 83.4 cm³/mol. The van der Waals surface area contributed by atoms with Gasteiger partial charge >= 0.3 is 0 Å². The van der Waals surface area contributed by atoms with Crippen LogP contribution in [-0.4, -0.2) is 21.3 Å². The van der Waals surface area contributed by atoms with Crippen molar-refractivity contribution in [3.05, 3.63) is 59.4 Å². The molecule has 0 atom stereocenters. The first-order valence-corrected chi connectivity index (χ1v) is 8.25. The average Bonchev–Trinajstić information content (AvgIpc) is 2.53. The number of halogens is 1. The van der Waals surface area contributed by atoms with Gasteiger partial charge in [0.1, 0.15) is 11.6 Å². The number of carbonyl (C=O) groups is 1. The van der Waals surface area contributed by atoms with Crippen LogP contribution in [0.2, 0.25) is 0 Å². The third-order valence-electron chi connectivity index (χ3n) is 3.27. The molecule has 0 fully saturated rings. The summed E-state index contributed by atoms with van der Waals surface area (Å²) in [6.45, 7) is 1.29. The van der Waals surface area contributed by atoms with Crippen LogP contribution < -0.4 is 9.46 Å². The Labute approximate surface area is 134 Å². The maximum atomic E-state index is 13.3. The minimum atomic E-state index is -3.78. The van der Waals surface area contributed by atoms with Crippen molar-refractivity contribution < 1.29 is 22.3 Å². The second-order valence-corrected chi connectivity index (χ2v) is 6.63. The second-order valence-electron chi connectivity index (χ2n) is 4.86.